The summed E-state index contributed by atoms with van der Waals surface area (Å²) in [6.45, 7) is 10.8. The van der Waals surface area contributed by atoms with Crippen LogP contribution < -0.4 is 14.8 Å². The standard InChI is InChI=1S/C34H48N2O6/c1-8-9-10-11-12-21-36(23-26-17-15-25(16-18-26)14-13-24(2)3)31(30-32(37)41-34(4,5)42-33(30)38)35-28-20-19-27(39-6)22-29(28)40-7/h15-20,22,24,35H,8-14,21,23H2,1-7H3. The minimum Gasteiger partial charge on any atom is -0.497 e. The number of hydrogen-bond donors (Lipinski definition) is 1. The van der Waals surface area contributed by atoms with Crippen LogP contribution >= 0.6 is 0 Å². The highest BCUT2D eigenvalue weighted by molar-refractivity contribution is 6.16. The molecular weight excluding hydrogens is 532 g/mol. The molecule has 0 aromatic heterocycles. The number of anilines is 1. The number of carbonyl (C=O) groups excluding carboxylic acids is 2. The molecule has 1 aliphatic heterocycles. The first kappa shape index (κ1) is 32.8. The molecule has 1 saturated heterocycles. The van der Waals surface area contributed by atoms with Crippen LogP contribution in [0.3, 0.4) is 0 Å². The van der Waals surface area contributed by atoms with Gasteiger partial charge in [-0.05, 0) is 48.4 Å². The van der Waals surface area contributed by atoms with Gasteiger partial charge in [0, 0.05) is 33.0 Å². The molecule has 1 aliphatic rings. The number of cyclic esters (lactones) is 2. The molecule has 0 spiro atoms. The van der Waals surface area contributed by atoms with Crippen LogP contribution in [-0.4, -0.2) is 43.4 Å². The van der Waals surface area contributed by atoms with E-state index >= 15 is 0 Å². The minimum atomic E-state index is -1.35. The fourth-order valence-electron chi connectivity index (χ4n) is 4.84. The first-order valence-corrected chi connectivity index (χ1v) is 15.1. The Labute approximate surface area is 251 Å². The zero-order chi connectivity index (χ0) is 30.7. The predicted molar refractivity (Wildman–Crippen MR) is 165 cm³/mol. The van der Waals surface area contributed by atoms with E-state index in [2.05, 4.69) is 50.4 Å². The summed E-state index contributed by atoms with van der Waals surface area (Å²) in [7, 11) is 3.14. The van der Waals surface area contributed by atoms with Crippen LogP contribution in [0.25, 0.3) is 0 Å². The molecule has 2 aromatic carbocycles. The van der Waals surface area contributed by atoms with Gasteiger partial charge in [0.2, 0.25) is 0 Å². The van der Waals surface area contributed by atoms with Gasteiger partial charge in [0.15, 0.2) is 5.57 Å². The number of unbranched alkanes of at least 4 members (excludes halogenated alkanes) is 4. The molecule has 0 aliphatic carbocycles. The molecule has 2 aromatic rings. The number of hydrogen-bond acceptors (Lipinski definition) is 8. The summed E-state index contributed by atoms with van der Waals surface area (Å²) in [5, 5.41) is 3.35. The van der Waals surface area contributed by atoms with Crippen LogP contribution in [0.5, 0.6) is 11.5 Å². The van der Waals surface area contributed by atoms with E-state index in [1.165, 1.54) is 12.0 Å². The van der Waals surface area contributed by atoms with Crippen molar-refractivity contribution in [2.45, 2.75) is 91.9 Å². The first-order chi connectivity index (χ1) is 20.1. The van der Waals surface area contributed by atoms with Crippen LogP contribution in [-0.2, 0) is 32.0 Å². The lowest BCUT2D eigenvalue weighted by Gasteiger charge is -2.34. The molecule has 0 saturated carbocycles. The fraction of sp³-hybridized carbons (Fsp3) is 0.529. The molecule has 0 unspecified atom stereocenters. The Bertz CT molecular complexity index is 1200. The molecular formula is C34H48N2O6. The number of aryl methyl sites for hydroxylation is 1. The summed E-state index contributed by atoms with van der Waals surface area (Å²) in [6.07, 6.45) is 7.53. The molecule has 0 atom stereocenters. The predicted octanol–water partition coefficient (Wildman–Crippen LogP) is 7.22. The number of nitrogens with zero attached hydrogens (tertiary/aromatic N) is 1. The van der Waals surface area contributed by atoms with E-state index in [4.69, 9.17) is 18.9 Å². The van der Waals surface area contributed by atoms with Crippen molar-refractivity contribution in [3.05, 3.63) is 65.0 Å². The van der Waals surface area contributed by atoms with Crippen molar-refractivity contribution in [1.29, 1.82) is 0 Å². The first-order valence-electron chi connectivity index (χ1n) is 15.1. The number of esters is 2. The van der Waals surface area contributed by atoms with Crippen LogP contribution in [0.4, 0.5) is 5.69 Å². The summed E-state index contributed by atoms with van der Waals surface area (Å²) < 4.78 is 22.0. The smallest absolute Gasteiger partial charge is 0.352 e. The molecule has 1 N–H and O–H groups in total. The number of ether oxygens (including phenoxy) is 4. The van der Waals surface area contributed by atoms with E-state index in [0.29, 0.717) is 42.0 Å². The Morgan fingerprint density at radius 2 is 1.55 bits per heavy atom. The third-order valence-corrected chi connectivity index (χ3v) is 7.24. The number of nitrogens with one attached hydrogen (secondary N) is 1. The van der Waals surface area contributed by atoms with E-state index in [1.807, 2.05) is 4.90 Å². The van der Waals surface area contributed by atoms with E-state index < -0.39 is 17.7 Å². The minimum absolute atomic E-state index is 0.172. The van der Waals surface area contributed by atoms with Crippen molar-refractivity contribution in [1.82, 2.24) is 4.90 Å². The van der Waals surface area contributed by atoms with Crippen molar-refractivity contribution in [2.75, 3.05) is 26.1 Å². The Morgan fingerprint density at radius 3 is 2.14 bits per heavy atom. The summed E-state index contributed by atoms with van der Waals surface area (Å²) in [6, 6.07) is 13.9. The van der Waals surface area contributed by atoms with Gasteiger partial charge in [-0.25, -0.2) is 9.59 Å². The lowest BCUT2D eigenvalue weighted by Crippen LogP contribution is -2.44. The van der Waals surface area contributed by atoms with Crippen LogP contribution in [0.1, 0.15) is 84.3 Å². The maximum absolute atomic E-state index is 13.4. The van der Waals surface area contributed by atoms with Gasteiger partial charge in [-0.2, -0.15) is 0 Å². The summed E-state index contributed by atoms with van der Waals surface area (Å²) >= 11 is 0. The number of benzene rings is 2. The van der Waals surface area contributed by atoms with Gasteiger partial charge in [0.05, 0.1) is 19.9 Å². The average molecular weight is 581 g/mol. The van der Waals surface area contributed by atoms with Crippen molar-refractivity contribution in [2.24, 2.45) is 5.92 Å². The molecule has 8 heteroatoms. The van der Waals surface area contributed by atoms with Crippen LogP contribution in [0.2, 0.25) is 0 Å². The quantitative estimate of drug-likeness (QED) is 0.0964. The van der Waals surface area contributed by atoms with Crippen molar-refractivity contribution in [3.8, 4) is 11.5 Å². The summed E-state index contributed by atoms with van der Waals surface area (Å²) in [4.78, 5) is 28.7. The van der Waals surface area contributed by atoms with E-state index in [9.17, 15) is 9.59 Å². The number of rotatable bonds is 16. The zero-order valence-corrected chi connectivity index (χ0v) is 26.4. The summed E-state index contributed by atoms with van der Waals surface area (Å²) in [5.41, 5.74) is 2.76. The van der Waals surface area contributed by atoms with Gasteiger partial charge in [0.25, 0.3) is 5.79 Å². The van der Waals surface area contributed by atoms with Crippen molar-refractivity contribution in [3.63, 3.8) is 0 Å². The SMILES string of the molecule is CCCCCCCN(Cc1ccc(CCC(C)C)cc1)C(Nc1ccc(OC)cc1OC)=C1C(=O)OC(C)(C)OC1=O. The van der Waals surface area contributed by atoms with Crippen molar-refractivity contribution < 1.29 is 28.5 Å². The lowest BCUT2D eigenvalue weighted by atomic mass is 10.0. The van der Waals surface area contributed by atoms with Gasteiger partial charge in [-0.15, -0.1) is 0 Å². The molecule has 230 valence electrons. The normalized spacial score (nSPS) is 14.3. The Morgan fingerprint density at radius 1 is 0.905 bits per heavy atom. The maximum Gasteiger partial charge on any atom is 0.352 e. The van der Waals surface area contributed by atoms with Gasteiger partial charge in [0.1, 0.15) is 17.3 Å². The highest BCUT2D eigenvalue weighted by atomic mass is 16.7. The largest absolute Gasteiger partial charge is 0.497 e. The molecule has 0 amide bonds. The van der Waals surface area contributed by atoms with Gasteiger partial charge in [-0.1, -0.05) is 70.7 Å². The molecule has 42 heavy (non-hydrogen) atoms. The third-order valence-electron chi connectivity index (χ3n) is 7.24. The monoisotopic (exact) mass is 580 g/mol. The van der Waals surface area contributed by atoms with Gasteiger partial charge < -0.3 is 29.2 Å². The lowest BCUT2D eigenvalue weighted by molar-refractivity contribution is -0.222. The third kappa shape index (κ3) is 9.43. The number of methoxy groups -OCH3 is 2. The summed E-state index contributed by atoms with van der Waals surface area (Å²) in [5.74, 6) is -0.723. The fourth-order valence-corrected chi connectivity index (χ4v) is 4.84. The number of carbonyl (C=O) groups is 2. The van der Waals surface area contributed by atoms with E-state index in [1.54, 1.807) is 46.3 Å². The molecule has 8 nitrogen and oxygen atoms in total. The highest BCUT2D eigenvalue weighted by Crippen LogP contribution is 2.33. The molecule has 0 bridgehead atoms. The average Bonchev–Trinajstić information content (AvgIpc) is 2.94. The van der Waals surface area contributed by atoms with E-state index in [-0.39, 0.29) is 5.57 Å². The van der Waals surface area contributed by atoms with Crippen LogP contribution in [0.15, 0.2) is 53.9 Å². The van der Waals surface area contributed by atoms with Gasteiger partial charge >= 0.3 is 11.9 Å². The van der Waals surface area contributed by atoms with Gasteiger partial charge in [-0.3, -0.25) is 0 Å². The Balaban J connectivity index is 2.04. The molecule has 0 radical (unpaired) electrons. The second kappa shape index (κ2) is 15.5. The second-order valence-corrected chi connectivity index (χ2v) is 11.7. The van der Waals surface area contributed by atoms with E-state index in [0.717, 1.165) is 44.1 Å². The van der Waals surface area contributed by atoms with Crippen molar-refractivity contribution >= 4 is 17.6 Å². The maximum atomic E-state index is 13.4. The zero-order valence-electron chi connectivity index (χ0n) is 26.4. The molecule has 1 fully saturated rings. The Hall–Kier alpha value is -3.68. The highest BCUT2D eigenvalue weighted by Gasteiger charge is 2.42. The topological polar surface area (TPSA) is 86.3 Å². The Kier molecular flexibility index (Phi) is 12.1. The molecule has 1 heterocycles. The molecule has 3 rings (SSSR count). The second-order valence-electron chi connectivity index (χ2n) is 11.7. The van der Waals surface area contributed by atoms with Crippen LogP contribution in [0, 0.1) is 5.92 Å².